The molecule has 2 aromatic rings. The topological polar surface area (TPSA) is 114 Å². The van der Waals surface area contributed by atoms with E-state index < -0.39 is 0 Å². The van der Waals surface area contributed by atoms with Gasteiger partial charge in [-0.2, -0.15) is 0 Å². The number of benzene rings is 1. The summed E-state index contributed by atoms with van der Waals surface area (Å²) >= 11 is 11.8. The van der Waals surface area contributed by atoms with Gasteiger partial charge in [-0.25, -0.2) is 4.98 Å². The molecule has 23 heavy (non-hydrogen) atoms. The van der Waals surface area contributed by atoms with E-state index in [0.29, 0.717) is 11.6 Å². The zero-order chi connectivity index (χ0) is 17.0. The fourth-order valence-electron chi connectivity index (χ4n) is 2.07. The molecule has 0 unspecified atom stereocenters. The van der Waals surface area contributed by atoms with Gasteiger partial charge < -0.3 is 21.9 Å². The number of hydrogen-bond donors (Lipinski definition) is 4. The minimum Gasteiger partial charge on any atom is -0.505 e. The van der Waals surface area contributed by atoms with Gasteiger partial charge in [-0.15, -0.1) is 0 Å². The van der Waals surface area contributed by atoms with Crippen LogP contribution in [0.4, 0.5) is 5.82 Å². The molecule has 0 radical (unpaired) electrons. The lowest BCUT2D eigenvalue weighted by molar-refractivity contribution is -0.120. The number of nitrogen functional groups attached to an aromatic ring is 1. The van der Waals surface area contributed by atoms with E-state index in [1.807, 2.05) is 6.07 Å². The molecule has 0 aliphatic heterocycles. The minimum absolute atomic E-state index is 0.0561. The highest BCUT2D eigenvalue weighted by Gasteiger charge is 2.14. The Balaban J connectivity index is 2.05. The van der Waals surface area contributed by atoms with Crippen LogP contribution in [0.3, 0.4) is 0 Å². The Hall–Kier alpha value is -2.02. The number of rotatable bonds is 5. The zero-order valence-electron chi connectivity index (χ0n) is 12.1. The monoisotopic (exact) mass is 354 g/mol. The summed E-state index contributed by atoms with van der Waals surface area (Å²) in [6.45, 7) is 0.609. The molecule has 8 heteroatoms. The van der Waals surface area contributed by atoms with Gasteiger partial charge in [0.25, 0.3) is 0 Å². The third-order valence-electron chi connectivity index (χ3n) is 3.23. The van der Waals surface area contributed by atoms with E-state index in [1.54, 1.807) is 12.1 Å². The summed E-state index contributed by atoms with van der Waals surface area (Å²) in [6, 6.07) is 6.62. The maximum Gasteiger partial charge on any atom is 0.226 e. The zero-order valence-corrected chi connectivity index (χ0v) is 13.7. The standard InChI is InChI=1S/C15H16Cl2N4O2/c16-10-2-1-8(6-18)9(3-10)7-20-14(22)5-12-15(23)11(17)4-13(19)21-12/h1-4,23H,5-7,18H2,(H2,19,21)(H,20,22). The van der Waals surface area contributed by atoms with Crippen LogP contribution in [0.1, 0.15) is 16.8 Å². The highest BCUT2D eigenvalue weighted by Crippen LogP contribution is 2.28. The summed E-state index contributed by atoms with van der Waals surface area (Å²) < 4.78 is 0. The van der Waals surface area contributed by atoms with E-state index in [-0.39, 0.29) is 41.2 Å². The molecule has 0 spiro atoms. The highest BCUT2D eigenvalue weighted by atomic mass is 35.5. The minimum atomic E-state index is -0.336. The molecule has 6 N–H and O–H groups in total. The van der Waals surface area contributed by atoms with Gasteiger partial charge in [-0.05, 0) is 23.3 Å². The molecule has 6 nitrogen and oxygen atoms in total. The summed E-state index contributed by atoms with van der Waals surface area (Å²) in [5, 5.41) is 13.2. The molecule has 0 atom stereocenters. The van der Waals surface area contributed by atoms with Gasteiger partial charge in [0.2, 0.25) is 5.91 Å². The van der Waals surface area contributed by atoms with Gasteiger partial charge in [0.1, 0.15) is 5.82 Å². The first kappa shape index (κ1) is 17.3. The Bertz CT molecular complexity index is 738. The fraction of sp³-hybridized carbons (Fsp3) is 0.200. The van der Waals surface area contributed by atoms with Gasteiger partial charge >= 0.3 is 0 Å². The van der Waals surface area contributed by atoms with Crippen molar-refractivity contribution in [3.63, 3.8) is 0 Å². The lowest BCUT2D eigenvalue weighted by atomic mass is 10.1. The molecule has 0 saturated heterocycles. The lowest BCUT2D eigenvalue weighted by Gasteiger charge is -2.11. The van der Waals surface area contributed by atoms with Crippen LogP contribution in [0.5, 0.6) is 5.75 Å². The Morgan fingerprint density at radius 2 is 2.00 bits per heavy atom. The highest BCUT2D eigenvalue weighted by molar-refractivity contribution is 6.32. The van der Waals surface area contributed by atoms with Crippen LogP contribution in [-0.4, -0.2) is 16.0 Å². The van der Waals surface area contributed by atoms with Crippen molar-refractivity contribution >= 4 is 34.9 Å². The van der Waals surface area contributed by atoms with E-state index >= 15 is 0 Å². The quantitative estimate of drug-likeness (QED) is 0.655. The van der Waals surface area contributed by atoms with Crippen molar-refractivity contribution in [2.75, 3.05) is 5.73 Å². The second kappa shape index (κ2) is 7.50. The Morgan fingerprint density at radius 3 is 2.70 bits per heavy atom. The first-order valence-corrected chi connectivity index (χ1v) is 7.54. The van der Waals surface area contributed by atoms with Crippen LogP contribution in [0.2, 0.25) is 10.0 Å². The maximum absolute atomic E-state index is 12.0. The van der Waals surface area contributed by atoms with E-state index in [4.69, 9.17) is 34.7 Å². The number of anilines is 1. The fourth-order valence-corrected chi connectivity index (χ4v) is 2.48. The van der Waals surface area contributed by atoms with E-state index in [2.05, 4.69) is 10.3 Å². The predicted octanol–water partition coefficient (Wildman–Crippen LogP) is 1.99. The van der Waals surface area contributed by atoms with Crippen molar-refractivity contribution in [2.24, 2.45) is 5.73 Å². The Kier molecular flexibility index (Phi) is 5.65. The van der Waals surface area contributed by atoms with Crippen molar-refractivity contribution < 1.29 is 9.90 Å². The second-order valence-electron chi connectivity index (χ2n) is 4.89. The molecule has 0 bridgehead atoms. The molecule has 0 fully saturated rings. The number of halogens is 2. The van der Waals surface area contributed by atoms with Crippen molar-refractivity contribution in [1.82, 2.24) is 10.3 Å². The Morgan fingerprint density at radius 1 is 1.26 bits per heavy atom. The largest absolute Gasteiger partial charge is 0.505 e. The molecule has 1 amide bonds. The second-order valence-corrected chi connectivity index (χ2v) is 5.74. The van der Waals surface area contributed by atoms with Crippen molar-refractivity contribution in [3.05, 3.63) is 51.1 Å². The molecule has 122 valence electrons. The number of carbonyl (C=O) groups is 1. The third-order valence-corrected chi connectivity index (χ3v) is 3.75. The van der Waals surface area contributed by atoms with Crippen LogP contribution >= 0.6 is 23.2 Å². The van der Waals surface area contributed by atoms with Crippen LogP contribution in [0.25, 0.3) is 0 Å². The number of amides is 1. The van der Waals surface area contributed by atoms with Crippen molar-refractivity contribution in [3.8, 4) is 5.75 Å². The lowest BCUT2D eigenvalue weighted by Crippen LogP contribution is -2.26. The van der Waals surface area contributed by atoms with Gasteiger partial charge in [0.05, 0.1) is 17.1 Å². The molecule has 1 aromatic heterocycles. The summed E-state index contributed by atoms with van der Waals surface area (Å²) in [5.41, 5.74) is 13.1. The molecule has 1 heterocycles. The number of nitrogens with one attached hydrogen (secondary N) is 1. The van der Waals surface area contributed by atoms with Crippen molar-refractivity contribution in [1.29, 1.82) is 0 Å². The molecule has 0 saturated carbocycles. The molecule has 0 aliphatic rings. The number of nitrogens with two attached hydrogens (primary N) is 2. The molecule has 0 aliphatic carbocycles. The van der Waals surface area contributed by atoms with E-state index in [9.17, 15) is 9.90 Å². The van der Waals surface area contributed by atoms with E-state index in [1.165, 1.54) is 6.07 Å². The SMILES string of the molecule is NCc1ccc(Cl)cc1CNC(=O)Cc1nc(N)cc(Cl)c1O. The van der Waals surface area contributed by atoms with Crippen LogP contribution in [0, 0.1) is 0 Å². The Labute approximate surface area is 143 Å². The number of carbonyl (C=O) groups excluding carboxylic acids is 1. The molecule has 2 rings (SSSR count). The van der Waals surface area contributed by atoms with Crippen LogP contribution in [-0.2, 0) is 24.3 Å². The smallest absolute Gasteiger partial charge is 0.226 e. The molecular weight excluding hydrogens is 339 g/mol. The summed E-state index contributed by atoms with van der Waals surface area (Å²) in [6.07, 6.45) is -0.144. The number of nitrogens with zero attached hydrogens (tertiary/aromatic N) is 1. The van der Waals surface area contributed by atoms with Crippen LogP contribution in [0.15, 0.2) is 24.3 Å². The summed E-state index contributed by atoms with van der Waals surface area (Å²) in [5.74, 6) is -0.449. The first-order valence-electron chi connectivity index (χ1n) is 6.78. The van der Waals surface area contributed by atoms with E-state index in [0.717, 1.165) is 11.1 Å². The summed E-state index contributed by atoms with van der Waals surface area (Å²) in [7, 11) is 0. The first-order chi connectivity index (χ1) is 10.9. The average Bonchev–Trinajstić information content (AvgIpc) is 2.50. The predicted molar refractivity (Wildman–Crippen MR) is 90.2 cm³/mol. The molecular formula is C15H16Cl2N4O2. The van der Waals surface area contributed by atoms with Crippen molar-refractivity contribution in [2.45, 2.75) is 19.5 Å². The van der Waals surface area contributed by atoms with Gasteiger partial charge in [-0.3, -0.25) is 4.79 Å². The maximum atomic E-state index is 12.0. The average molecular weight is 355 g/mol. The molecule has 1 aromatic carbocycles. The van der Waals surface area contributed by atoms with Crippen LogP contribution < -0.4 is 16.8 Å². The normalized spacial score (nSPS) is 10.6. The number of aromatic nitrogens is 1. The number of pyridine rings is 1. The van der Waals surface area contributed by atoms with Gasteiger partial charge in [0, 0.05) is 24.2 Å². The van der Waals surface area contributed by atoms with Gasteiger partial charge in [0.15, 0.2) is 5.75 Å². The van der Waals surface area contributed by atoms with Gasteiger partial charge in [-0.1, -0.05) is 29.3 Å². The number of hydrogen-bond acceptors (Lipinski definition) is 5. The summed E-state index contributed by atoms with van der Waals surface area (Å²) in [4.78, 5) is 16.0. The third kappa shape index (κ3) is 4.48. The number of aromatic hydroxyl groups is 1.